The number of carbonyl (C=O) groups is 2. The van der Waals surface area contributed by atoms with E-state index in [2.05, 4.69) is 27.7 Å². The van der Waals surface area contributed by atoms with Crippen LogP contribution in [0.3, 0.4) is 0 Å². The SMILES string of the molecule is CCCCCCCCC(CCCCCCCC)(CC(=O)O)C(=O)Oc1cc(C)ccc1C(C)C. The van der Waals surface area contributed by atoms with Gasteiger partial charge in [-0.15, -0.1) is 0 Å². The largest absolute Gasteiger partial charge is 0.481 e. The lowest BCUT2D eigenvalue weighted by Crippen LogP contribution is -2.37. The van der Waals surface area contributed by atoms with E-state index >= 15 is 0 Å². The molecule has 1 rings (SSSR count). The zero-order valence-corrected chi connectivity index (χ0v) is 22.6. The minimum Gasteiger partial charge on any atom is -0.481 e. The summed E-state index contributed by atoms with van der Waals surface area (Å²) in [6, 6.07) is 5.96. The number of hydrogen-bond donors (Lipinski definition) is 1. The maximum Gasteiger partial charge on any atom is 0.318 e. The standard InChI is InChI=1S/C30H50O4/c1-6-8-10-12-14-16-20-30(23-28(31)32,21-17-15-13-11-9-7-2)29(33)34-27-22-25(5)18-19-26(27)24(3)4/h18-19,22,24H,6-17,20-21,23H2,1-5H3,(H,31,32). The van der Waals surface area contributed by atoms with E-state index < -0.39 is 11.4 Å². The number of carbonyl (C=O) groups excluding carboxylic acids is 1. The maximum absolute atomic E-state index is 13.7. The van der Waals surface area contributed by atoms with Gasteiger partial charge in [0.1, 0.15) is 5.75 Å². The van der Waals surface area contributed by atoms with Crippen LogP contribution in [0.4, 0.5) is 0 Å². The van der Waals surface area contributed by atoms with E-state index in [-0.39, 0.29) is 18.3 Å². The smallest absolute Gasteiger partial charge is 0.318 e. The average Bonchev–Trinajstić information content (AvgIpc) is 2.77. The van der Waals surface area contributed by atoms with Crippen LogP contribution in [-0.2, 0) is 9.59 Å². The Morgan fingerprint density at radius 3 is 1.82 bits per heavy atom. The molecular weight excluding hydrogens is 424 g/mol. The first-order valence-corrected chi connectivity index (χ1v) is 13.8. The van der Waals surface area contributed by atoms with Crippen LogP contribution in [0.5, 0.6) is 5.75 Å². The normalized spacial score (nSPS) is 11.7. The van der Waals surface area contributed by atoms with E-state index in [1.807, 2.05) is 25.1 Å². The number of carboxylic acid groups (broad SMARTS) is 1. The quantitative estimate of drug-likeness (QED) is 0.123. The van der Waals surface area contributed by atoms with Crippen LogP contribution in [0.25, 0.3) is 0 Å². The van der Waals surface area contributed by atoms with E-state index in [0.717, 1.165) is 49.7 Å². The van der Waals surface area contributed by atoms with Crippen LogP contribution in [-0.4, -0.2) is 17.0 Å². The summed E-state index contributed by atoms with van der Waals surface area (Å²) in [6.07, 6.45) is 14.3. The molecule has 0 atom stereocenters. The van der Waals surface area contributed by atoms with Crippen LogP contribution in [0.15, 0.2) is 18.2 Å². The van der Waals surface area contributed by atoms with Gasteiger partial charge >= 0.3 is 11.9 Å². The fourth-order valence-corrected chi connectivity index (χ4v) is 4.77. The molecular formula is C30H50O4. The van der Waals surface area contributed by atoms with Gasteiger partial charge in [-0.25, -0.2) is 0 Å². The second-order valence-corrected chi connectivity index (χ2v) is 10.5. The molecule has 1 aromatic rings. The highest BCUT2D eigenvalue weighted by Crippen LogP contribution is 2.39. The fraction of sp³-hybridized carbons (Fsp3) is 0.733. The third-order valence-electron chi connectivity index (χ3n) is 6.93. The second-order valence-electron chi connectivity index (χ2n) is 10.5. The number of aliphatic carboxylic acids is 1. The Hall–Kier alpha value is -1.84. The number of benzene rings is 1. The van der Waals surface area contributed by atoms with Gasteiger partial charge in [-0.1, -0.05) is 117 Å². The number of hydrogen-bond acceptors (Lipinski definition) is 3. The van der Waals surface area contributed by atoms with Crippen LogP contribution >= 0.6 is 0 Å². The lowest BCUT2D eigenvalue weighted by atomic mass is 9.75. The molecule has 4 heteroatoms. The molecule has 0 fully saturated rings. The number of ether oxygens (including phenoxy) is 1. The highest BCUT2D eigenvalue weighted by Gasteiger charge is 2.41. The first-order valence-electron chi connectivity index (χ1n) is 13.8. The molecule has 0 aromatic heterocycles. The van der Waals surface area contributed by atoms with Crippen molar-refractivity contribution in [1.29, 1.82) is 0 Å². The first-order chi connectivity index (χ1) is 16.3. The van der Waals surface area contributed by atoms with Crippen molar-refractivity contribution < 1.29 is 19.4 Å². The molecule has 0 unspecified atom stereocenters. The third-order valence-corrected chi connectivity index (χ3v) is 6.93. The van der Waals surface area contributed by atoms with Crippen LogP contribution in [0.2, 0.25) is 0 Å². The Morgan fingerprint density at radius 2 is 1.35 bits per heavy atom. The summed E-state index contributed by atoms with van der Waals surface area (Å²) in [7, 11) is 0. The highest BCUT2D eigenvalue weighted by molar-refractivity contribution is 5.84. The summed E-state index contributed by atoms with van der Waals surface area (Å²) < 4.78 is 6.04. The summed E-state index contributed by atoms with van der Waals surface area (Å²) in [4.78, 5) is 25.6. The topological polar surface area (TPSA) is 63.6 Å². The minimum absolute atomic E-state index is 0.154. The molecule has 4 nitrogen and oxygen atoms in total. The van der Waals surface area contributed by atoms with Crippen LogP contribution in [0, 0.1) is 12.3 Å². The summed E-state index contributed by atoms with van der Waals surface area (Å²) >= 11 is 0. The summed E-state index contributed by atoms with van der Waals surface area (Å²) in [6.45, 7) is 10.5. The lowest BCUT2D eigenvalue weighted by Gasteiger charge is -2.31. The van der Waals surface area contributed by atoms with Crippen molar-refractivity contribution >= 4 is 11.9 Å². The van der Waals surface area contributed by atoms with Crippen molar-refractivity contribution in [2.45, 2.75) is 137 Å². The summed E-state index contributed by atoms with van der Waals surface area (Å²) in [5, 5.41) is 9.79. The predicted molar refractivity (Wildman–Crippen MR) is 142 cm³/mol. The number of aryl methyl sites for hydroxylation is 1. The molecule has 194 valence electrons. The minimum atomic E-state index is -0.959. The molecule has 0 aliphatic rings. The van der Waals surface area contributed by atoms with E-state index in [9.17, 15) is 14.7 Å². The van der Waals surface area contributed by atoms with Gasteiger partial charge in [0.25, 0.3) is 0 Å². The van der Waals surface area contributed by atoms with E-state index in [0.29, 0.717) is 18.6 Å². The van der Waals surface area contributed by atoms with Gasteiger partial charge in [0, 0.05) is 0 Å². The molecule has 0 aliphatic heterocycles. The van der Waals surface area contributed by atoms with Gasteiger partial charge in [0.05, 0.1) is 11.8 Å². The van der Waals surface area contributed by atoms with Crippen molar-refractivity contribution in [1.82, 2.24) is 0 Å². The van der Waals surface area contributed by atoms with E-state index in [1.165, 1.54) is 38.5 Å². The van der Waals surface area contributed by atoms with Gasteiger partial charge in [-0.3, -0.25) is 9.59 Å². The van der Waals surface area contributed by atoms with Crippen molar-refractivity contribution in [3.63, 3.8) is 0 Å². The number of unbranched alkanes of at least 4 members (excludes halogenated alkanes) is 10. The van der Waals surface area contributed by atoms with Gasteiger partial charge in [-0.2, -0.15) is 0 Å². The van der Waals surface area contributed by atoms with Crippen molar-refractivity contribution in [2.75, 3.05) is 0 Å². The van der Waals surface area contributed by atoms with Gasteiger partial charge in [-0.05, 0) is 42.9 Å². The Morgan fingerprint density at radius 1 is 0.853 bits per heavy atom. The van der Waals surface area contributed by atoms with Crippen LogP contribution in [0.1, 0.15) is 141 Å². The summed E-state index contributed by atoms with van der Waals surface area (Å²) in [5.41, 5.74) is 1.06. The molecule has 0 spiro atoms. The van der Waals surface area contributed by atoms with Crippen LogP contribution < -0.4 is 4.74 Å². The Balaban J connectivity index is 3.06. The molecule has 0 bridgehead atoms. The Kier molecular flexibility index (Phi) is 14.9. The Labute approximate surface area is 208 Å². The third kappa shape index (κ3) is 11.1. The van der Waals surface area contributed by atoms with Crippen molar-refractivity contribution in [3.8, 4) is 5.75 Å². The summed E-state index contributed by atoms with van der Waals surface area (Å²) in [5.74, 6) is -0.471. The van der Waals surface area contributed by atoms with Gasteiger partial charge in [0.2, 0.25) is 0 Å². The number of esters is 1. The van der Waals surface area contributed by atoms with E-state index in [1.54, 1.807) is 0 Å². The molecule has 1 aromatic carbocycles. The number of carboxylic acids is 1. The molecule has 0 saturated heterocycles. The average molecular weight is 475 g/mol. The van der Waals surface area contributed by atoms with E-state index in [4.69, 9.17) is 4.74 Å². The fourth-order valence-electron chi connectivity index (χ4n) is 4.77. The van der Waals surface area contributed by atoms with Crippen molar-refractivity contribution in [3.05, 3.63) is 29.3 Å². The van der Waals surface area contributed by atoms with Gasteiger partial charge in [0.15, 0.2) is 0 Å². The molecule has 34 heavy (non-hydrogen) atoms. The molecule has 0 radical (unpaired) electrons. The lowest BCUT2D eigenvalue weighted by molar-refractivity contribution is -0.154. The zero-order valence-electron chi connectivity index (χ0n) is 22.6. The maximum atomic E-state index is 13.7. The zero-order chi connectivity index (χ0) is 25.4. The first kappa shape index (κ1) is 30.2. The highest BCUT2D eigenvalue weighted by atomic mass is 16.5. The number of rotatable bonds is 19. The molecule has 1 N–H and O–H groups in total. The molecule has 0 amide bonds. The predicted octanol–water partition coefficient (Wildman–Crippen LogP) is 8.99. The van der Waals surface area contributed by atoms with Gasteiger partial charge < -0.3 is 9.84 Å². The van der Waals surface area contributed by atoms with Crippen molar-refractivity contribution in [2.24, 2.45) is 5.41 Å². The molecule has 0 heterocycles. The second kappa shape index (κ2) is 16.7. The molecule has 0 saturated carbocycles. The molecule has 0 aliphatic carbocycles. The monoisotopic (exact) mass is 474 g/mol. The Bertz CT molecular complexity index is 707.